The zero-order valence-electron chi connectivity index (χ0n) is 8.05. The first-order chi connectivity index (χ1) is 7.87. The Kier molecular flexibility index (Phi) is 3.18. The summed E-state index contributed by atoms with van der Waals surface area (Å²) in [5.74, 6) is -0.327. The molecule has 0 saturated heterocycles. The lowest BCUT2D eigenvalue weighted by Gasteiger charge is -2.10. The third-order valence-corrected chi connectivity index (χ3v) is 3.20. The summed E-state index contributed by atoms with van der Waals surface area (Å²) in [7, 11) is 0. The highest BCUT2D eigenvalue weighted by molar-refractivity contribution is 9.10. The quantitative estimate of drug-likeness (QED) is 0.767. The normalized spacial score (nSPS) is 11.8. The number of pyridine rings is 1. The molecule has 0 fully saturated rings. The number of hydrogen-bond donors (Lipinski definition) is 0. The van der Waals surface area contributed by atoms with E-state index in [0.29, 0.717) is 20.4 Å². The highest BCUT2D eigenvalue weighted by Crippen LogP contribution is 2.33. The fourth-order valence-electron chi connectivity index (χ4n) is 1.31. The Morgan fingerprint density at radius 2 is 2.00 bits per heavy atom. The summed E-state index contributed by atoms with van der Waals surface area (Å²) < 4.78 is 40.4. The molecule has 7 heteroatoms. The van der Waals surface area contributed by atoms with Gasteiger partial charge in [0.2, 0.25) is 0 Å². The van der Waals surface area contributed by atoms with Gasteiger partial charge in [-0.05, 0) is 34.1 Å². The Bertz CT molecular complexity index is 573. The Morgan fingerprint density at radius 3 is 2.65 bits per heavy atom. The van der Waals surface area contributed by atoms with E-state index >= 15 is 0 Å². The van der Waals surface area contributed by atoms with Crippen LogP contribution in [0, 0.1) is 0 Å². The van der Waals surface area contributed by atoms with E-state index in [1.54, 1.807) is 0 Å². The van der Waals surface area contributed by atoms with Gasteiger partial charge in [-0.15, -0.1) is 13.2 Å². The number of alkyl halides is 3. The zero-order chi connectivity index (χ0) is 12.6. The first kappa shape index (κ1) is 12.4. The van der Waals surface area contributed by atoms with Crippen molar-refractivity contribution in [2.24, 2.45) is 0 Å². The van der Waals surface area contributed by atoms with Gasteiger partial charge < -0.3 is 4.74 Å². The van der Waals surface area contributed by atoms with E-state index in [0.717, 1.165) is 0 Å². The second-order valence-electron chi connectivity index (χ2n) is 3.15. The molecule has 2 rings (SSSR count). The second-order valence-corrected chi connectivity index (χ2v) is 4.38. The van der Waals surface area contributed by atoms with Crippen LogP contribution in [0.25, 0.3) is 10.9 Å². The SMILES string of the molecule is FC(F)(F)Oc1ccc2ncc(Br)c(Cl)c2c1. The summed E-state index contributed by atoms with van der Waals surface area (Å²) >= 11 is 9.09. The van der Waals surface area contributed by atoms with Gasteiger partial charge in [-0.3, -0.25) is 4.98 Å². The lowest BCUT2D eigenvalue weighted by molar-refractivity contribution is -0.274. The van der Waals surface area contributed by atoms with E-state index in [4.69, 9.17) is 11.6 Å². The highest BCUT2D eigenvalue weighted by atomic mass is 79.9. The maximum absolute atomic E-state index is 12.0. The number of benzene rings is 1. The summed E-state index contributed by atoms with van der Waals surface area (Å²) in [5, 5.41) is 0.686. The van der Waals surface area contributed by atoms with Crippen molar-refractivity contribution in [3.05, 3.63) is 33.9 Å². The van der Waals surface area contributed by atoms with Gasteiger partial charge in [-0.1, -0.05) is 11.6 Å². The van der Waals surface area contributed by atoms with Gasteiger partial charge in [-0.25, -0.2) is 0 Å². The molecule has 2 aromatic rings. The molecule has 0 N–H and O–H groups in total. The average molecular weight is 326 g/mol. The highest BCUT2D eigenvalue weighted by Gasteiger charge is 2.31. The average Bonchev–Trinajstić information content (AvgIpc) is 2.22. The van der Waals surface area contributed by atoms with Crippen LogP contribution in [-0.4, -0.2) is 11.3 Å². The Hall–Kier alpha value is -1.01. The first-order valence-electron chi connectivity index (χ1n) is 4.36. The van der Waals surface area contributed by atoms with Crippen molar-refractivity contribution in [2.75, 3.05) is 0 Å². The molecule has 0 aliphatic carbocycles. The van der Waals surface area contributed by atoms with Gasteiger partial charge >= 0.3 is 6.36 Å². The number of halogens is 5. The molecule has 17 heavy (non-hydrogen) atoms. The standard InChI is InChI=1S/C10H4BrClF3NO/c11-7-4-16-8-2-1-5(17-10(13,14)15)3-6(8)9(7)12/h1-4H. The Labute approximate surface area is 107 Å². The maximum atomic E-state index is 12.0. The molecule has 1 aromatic heterocycles. The van der Waals surface area contributed by atoms with Crippen LogP contribution in [0.2, 0.25) is 5.02 Å². The van der Waals surface area contributed by atoms with Crippen LogP contribution in [0.3, 0.4) is 0 Å². The summed E-state index contributed by atoms with van der Waals surface area (Å²) in [6.45, 7) is 0. The van der Waals surface area contributed by atoms with Crippen molar-refractivity contribution >= 4 is 38.4 Å². The topological polar surface area (TPSA) is 22.1 Å². The summed E-state index contributed by atoms with van der Waals surface area (Å²) in [6, 6.07) is 3.80. The maximum Gasteiger partial charge on any atom is 0.573 e. The molecular formula is C10H4BrClF3NO. The lowest BCUT2D eigenvalue weighted by Crippen LogP contribution is -2.17. The van der Waals surface area contributed by atoms with Gasteiger partial charge in [-0.2, -0.15) is 0 Å². The minimum absolute atomic E-state index is 0.294. The van der Waals surface area contributed by atoms with Gasteiger partial charge in [0.15, 0.2) is 0 Å². The molecule has 0 radical (unpaired) electrons. The van der Waals surface area contributed by atoms with E-state index in [9.17, 15) is 13.2 Å². The predicted octanol–water partition coefficient (Wildman–Crippen LogP) is 4.55. The van der Waals surface area contributed by atoms with Crippen molar-refractivity contribution in [3.63, 3.8) is 0 Å². The third-order valence-electron chi connectivity index (χ3n) is 1.96. The van der Waals surface area contributed by atoms with E-state index in [1.807, 2.05) is 0 Å². The van der Waals surface area contributed by atoms with Crippen molar-refractivity contribution in [1.29, 1.82) is 0 Å². The van der Waals surface area contributed by atoms with Crippen molar-refractivity contribution in [2.45, 2.75) is 6.36 Å². The van der Waals surface area contributed by atoms with Gasteiger partial charge in [0, 0.05) is 11.6 Å². The minimum atomic E-state index is -4.72. The molecule has 0 atom stereocenters. The minimum Gasteiger partial charge on any atom is -0.406 e. The van der Waals surface area contributed by atoms with Crippen molar-refractivity contribution in [3.8, 4) is 5.75 Å². The van der Waals surface area contributed by atoms with E-state index < -0.39 is 6.36 Å². The van der Waals surface area contributed by atoms with Crippen LogP contribution >= 0.6 is 27.5 Å². The predicted molar refractivity (Wildman–Crippen MR) is 61.1 cm³/mol. The molecule has 0 bridgehead atoms. The Balaban J connectivity index is 2.53. The van der Waals surface area contributed by atoms with Crippen LogP contribution in [0.4, 0.5) is 13.2 Å². The monoisotopic (exact) mass is 325 g/mol. The molecule has 0 aliphatic rings. The largest absolute Gasteiger partial charge is 0.573 e. The molecule has 90 valence electrons. The summed E-state index contributed by atoms with van der Waals surface area (Å²) in [6.07, 6.45) is -3.24. The number of nitrogens with zero attached hydrogens (tertiary/aromatic N) is 1. The van der Waals surface area contributed by atoms with Crippen LogP contribution in [0.15, 0.2) is 28.9 Å². The van der Waals surface area contributed by atoms with Crippen molar-refractivity contribution < 1.29 is 17.9 Å². The first-order valence-corrected chi connectivity index (χ1v) is 5.53. The summed E-state index contributed by atoms with van der Waals surface area (Å²) in [5.41, 5.74) is 0.493. The number of rotatable bonds is 1. The third kappa shape index (κ3) is 2.81. The number of fused-ring (bicyclic) bond motifs is 1. The van der Waals surface area contributed by atoms with E-state index in [1.165, 1.54) is 24.4 Å². The number of ether oxygens (including phenoxy) is 1. The molecule has 2 nitrogen and oxygen atoms in total. The smallest absolute Gasteiger partial charge is 0.406 e. The Morgan fingerprint density at radius 1 is 1.29 bits per heavy atom. The second kappa shape index (κ2) is 4.34. The molecule has 0 unspecified atom stereocenters. The fourth-order valence-corrected chi connectivity index (χ4v) is 1.83. The molecule has 1 heterocycles. The lowest BCUT2D eigenvalue weighted by atomic mass is 10.2. The molecule has 1 aromatic carbocycles. The summed E-state index contributed by atoms with van der Waals surface area (Å²) in [4.78, 5) is 4.01. The zero-order valence-corrected chi connectivity index (χ0v) is 10.4. The van der Waals surface area contributed by atoms with Gasteiger partial charge in [0.25, 0.3) is 0 Å². The molecule has 0 saturated carbocycles. The number of hydrogen-bond acceptors (Lipinski definition) is 2. The van der Waals surface area contributed by atoms with Crippen molar-refractivity contribution in [1.82, 2.24) is 4.98 Å². The molecule has 0 spiro atoms. The van der Waals surface area contributed by atoms with E-state index in [2.05, 4.69) is 25.7 Å². The number of aromatic nitrogens is 1. The van der Waals surface area contributed by atoms with Crippen LogP contribution in [-0.2, 0) is 0 Å². The molecule has 0 amide bonds. The van der Waals surface area contributed by atoms with Crippen LogP contribution < -0.4 is 4.74 Å². The van der Waals surface area contributed by atoms with Crippen LogP contribution in [0.1, 0.15) is 0 Å². The molecular weight excluding hydrogens is 322 g/mol. The van der Waals surface area contributed by atoms with Crippen LogP contribution in [0.5, 0.6) is 5.75 Å². The fraction of sp³-hybridized carbons (Fsp3) is 0.100. The van der Waals surface area contributed by atoms with Gasteiger partial charge in [0.05, 0.1) is 15.0 Å². The molecule has 0 aliphatic heterocycles. The van der Waals surface area contributed by atoms with E-state index in [-0.39, 0.29) is 5.75 Å². The van der Waals surface area contributed by atoms with Gasteiger partial charge in [0.1, 0.15) is 5.75 Å².